The van der Waals surface area contributed by atoms with Gasteiger partial charge in [-0.25, -0.2) is 0 Å². The van der Waals surface area contributed by atoms with E-state index < -0.39 is 0 Å². The van der Waals surface area contributed by atoms with Crippen molar-refractivity contribution in [3.8, 4) is 0 Å². The Morgan fingerprint density at radius 1 is 1.20 bits per heavy atom. The van der Waals surface area contributed by atoms with Gasteiger partial charge in [0.1, 0.15) is 0 Å². The quantitative estimate of drug-likeness (QED) is 0.625. The molecule has 0 saturated heterocycles. The highest BCUT2D eigenvalue weighted by Crippen LogP contribution is 2.22. The Bertz CT molecular complexity index is 147. The summed E-state index contributed by atoms with van der Waals surface area (Å²) < 4.78 is 5.50. The zero-order valence-corrected chi connectivity index (χ0v) is 9.95. The monoisotopic (exact) mass is 215 g/mol. The largest absolute Gasteiger partial charge is 0.395 e. The van der Waals surface area contributed by atoms with Gasteiger partial charge in [0, 0.05) is 25.7 Å². The Labute approximate surface area is 93.4 Å². The molecule has 0 aliphatic heterocycles. The average Bonchev–Trinajstić information content (AvgIpc) is 2.76. The summed E-state index contributed by atoms with van der Waals surface area (Å²) in [5, 5.41) is 9.02. The number of hydrogen-bond donors (Lipinski definition) is 1. The summed E-state index contributed by atoms with van der Waals surface area (Å²) in [7, 11) is 0. The van der Waals surface area contributed by atoms with E-state index in [4.69, 9.17) is 9.84 Å². The van der Waals surface area contributed by atoms with E-state index in [-0.39, 0.29) is 6.61 Å². The standard InChI is InChI=1S/C12H25NO2/c1-2-10-15-11-8-13(7-9-14)12-5-3-4-6-12/h12,14H,2-11H2,1H3. The highest BCUT2D eigenvalue weighted by atomic mass is 16.5. The van der Waals surface area contributed by atoms with Gasteiger partial charge >= 0.3 is 0 Å². The lowest BCUT2D eigenvalue weighted by atomic mass is 10.2. The summed E-state index contributed by atoms with van der Waals surface area (Å²) in [5.41, 5.74) is 0. The van der Waals surface area contributed by atoms with Crippen LogP contribution >= 0.6 is 0 Å². The lowest BCUT2D eigenvalue weighted by molar-refractivity contribution is 0.0774. The second kappa shape index (κ2) is 8.08. The molecule has 0 amide bonds. The maximum absolute atomic E-state index is 9.02. The molecule has 0 aromatic rings. The minimum absolute atomic E-state index is 0.268. The molecule has 1 rings (SSSR count). The van der Waals surface area contributed by atoms with Crippen LogP contribution in [0.25, 0.3) is 0 Å². The third kappa shape index (κ3) is 4.96. The number of aliphatic hydroxyl groups excluding tert-OH is 1. The van der Waals surface area contributed by atoms with E-state index in [1.165, 1.54) is 25.7 Å². The Morgan fingerprint density at radius 2 is 1.93 bits per heavy atom. The zero-order chi connectivity index (χ0) is 10.9. The molecule has 0 aromatic carbocycles. The second-order valence-electron chi connectivity index (χ2n) is 4.31. The summed E-state index contributed by atoms with van der Waals surface area (Å²) in [4.78, 5) is 2.39. The summed E-state index contributed by atoms with van der Waals surface area (Å²) in [6.07, 6.45) is 6.38. The van der Waals surface area contributed by atoms with Crippen LogP contribution in [-0.4, -0.2) is 49.0 Å². The molecule has 0 unspecified atom stereocenters. The lowest BCUT2D eigenvalue weighted by Gasteiger charge is -2.27. The van der Waals surface area contributed by atoms with Crippen molar-refractivity contribution in [2.75, 3.05) is 32.9 Å². The zero-order valence-electron chi connectivity index (χ0n) is 9.95. The van der Waals surface area contributed by atoms with Gasteiger partial charge in [-0.1, -0.05) is 19.8 Å². The number of rotatable bonds is 8. The van der Waals surface area contributed by atoms with Crippen LogP contribution in [0.15, 0.2) is 0 Å². The van der Waals surface area contributed by atoms with E-state index in [1.807, 2.05) is 0 Å². The van der Waals surface area contributed by atoms with Crippen molar-refractivity contribution < 1.29 is 9.84 Å². The molecule has 0 spiro atoms. The fourth-order valence-electron chi connectivity index (χ4n) is 2.30. The van der Waals surface area contributed by atoms with Gasteiger partial charge in [0.2, 0.25) is 0 Å². The molecule has 0 radical (unpaired) electrons. The first-order chi connectivity index (χ1) is 7.38. The number of hydrogen-bond acceptors (Lipinski definition) is 3. The van der Waals surface area contributed by atoms with Crippen LogP contribution in [0.5, 0.6) is 0 Å². The van der Waals surface area contributed by atoms with Gasteiger partial charge in [-0.15, -0.1) is 0 Å². The average molecular weight is 215 g/mol. The third-order valence-electron chi connectivity index (χ3n) is 3.10. The molecule has 1 aliphatic rings. The first-order valence-electron chi connectivity index (χ1n) is 6.31. The molecule has 3 heteroatoms. The fourth-order valence-corrected chi connectivity index (χ4v) is 2.30. The molecule has 90 valence electrons. The predicted molar refractivity (Wildman–Crippen MR) is 62.0 cm³/mol. The molecule has 3 nitrogen and oxygen atoms in total. The molecule has 0 aromatic heterocycles. The van der Waals surface area contributed by atoms with E-state index in [2.05, 4.69) is 11.8 Å². The van der Waals surface area contributed by atoms with E-state index in [1.54, 1.807) is 0 Å². The van der Waals surface area contributed by atoms with Gasteiger partial charge in [0.05, 0.1) is 13.2 Å². The molecule has 0 bridgehead atoms. The van der Waals surface area contributed by atoms with Gasteiger partial charge in [-0.2, -0.15) is 0 Å². The van der Waals surface area contributed by atoms with Crippen molar-refractivity contribution in [2.45, 2.75) is 45.1 Å². The van der Waals surface area contributed by atoms with Crippen LogP contribution in [0.1, 0.15) is 39.0 Å². The number of nitrogens with zero attached hydrogens (tertiary/aromatic N) is 1. The Balaban J connectivity index is 2.17. The van der Waals surface area contributed by atoms with Crippen LogP contribution in [0, 0.1) is 0 Å². The van der Waals surface area contributed by atoms with E-state index in [0.29, 0.717) is 6.04 Å². The third-order valence-corrected chi connectivity index (χ3v) is 3.10. The van der Waals surface area contributed by atoms with Gasteiger partial charge in [0.25, 0.3) is 0 Å². The van der Waals surface area contributed by atoms with Gasteiger partial charge in [-0.3, -0.25) is 4.90 Å². The molecular weight excluding hydrogens is 190 g/mol. The van der Waals surface area contributed by atoms with Crippen molar-refractivity contribution in [2.24, 2.45) is 0 Å². The normalized spacial score (nSPS) is 17.8. The minimum Gasteiger partial charge on any atom is -0.395 e. The Hall–Kier alpha value is -0.120. The molecule has 1 fully saturated rings. The molecule has 1 N–H and O–H groups in total. The second-order valence-corrected chi connectivity index (χ2v) is 4.31. The van der Waals surface area contributed by atoms with Gasteiger partial charge < -0.3 is 9.84 Å². The van der Waals surface area contributed by atoms with Crippen molar-refractivity contribution in [1.29, 1.82) is 0 Å². The molecular formula is C12H25NO2. The molecule has 1 aliphatic carbocycles. The maximum atomic E-state index is 9.02. The smallest absolute Gasteiger partial charge is 0.0593 e. The van der Waals surface area contributed by atoms with Gasteiger partial charge in [-0.05, 0) is 19.3 Å². The first kappa shape index (κ1) is 12.9. The van der Waals surface area contributed by atoms with Crippen molar-refractivity contribution in [3.05, 3.63) is 0 Å². The van der Waals surface area contributed by atoms with Crippen molar-refractivity contribution in [3.63, 3.8) is 0 Å². The number of ether oxygens (including phenoxy) is 1. The molecule has 0 heterocycles. The fraction of sp³-hybridized carbons (Fsp3) is 1.00. The topological polar surface area (TPSA) is 32.7 Å². The predicted octanol–water partition coefficient (Wildman–Crippen LogP) is 1.65. The van der Waals surface area contributed by atoms with Crippen LogP contribution in [0.3, 0.4) is 0 Å². The molecule has 1 saturated carbocycles. The number of aliphatic hydroxyl groups is 1. The summed E-state index contributed by atoms with van der Waals surface area (Å²) in [5.74, 6) is 0. The SMILES string of the molecule is CCCOCCN(CCO)C1CCCC1. The maximum Gasteiger partial charge on any atom is 0.0593 e. The van der Waals surface area contributed by atoms with Crippen molar-refractivity contribution >= 4 is 0 Å². The van der Waals surface area contributed by atoms with E-state index in [9.17, 15) is 0 Å². The molecule has 0 atom stereocenters. The van der Waals surface area contributed by atoms with Crippen LogP contribution in [0.2, 0.25) is 0 Å². The van der Waals surface area contributed by atoms with Gasteiger partial charge in [0.15, 0.2) is 0 Å². The first-order valence-corrected chi connectivity index (χ1v) is 6.31. The Kier molecular flexibility index (Phi) is 6.98. The minimum atomic E-state index is 0.268. The van der Waals surface area contributed by atoms with Crippen LogP contribution < -0.4 is 0 Å². The van der Waals surface area contributed by atoms with Crippen LogP contribution in [-0.2, 0) is 4.74 Å². The highest BCUT2D eigenvalue weighted by molar-refractivity contribution is 4.77. The summed E-state index contributed by atoms with van der Waals surface area (Å²) >= 11 is 0. The van der Waals surface area contributed by atoms with E-state index >= 15 is 0 Å². The Morgan fingerprint density at radius 3 is 2.53 bits per heavy atom. The van der Waals surface area contributed by atoms with Crippen LogP contribution in [0.4, 0.5) is 0 Å². The van der Waals surface area contributed by atoms with E-state index in [0.717, 1.165) is 32.7 Å². The lowest BCUT2D eigenvalue weighted by Crippen LogP contribution is -2.38. The summed E-state index contributed by atoms with van der Waals surface area (Å²) in [6, 6.07) is 0.697. The van der Waals surface area contributed by atoms with Crippen molar-refractivity contribution in [1.82, 2.24) is 4.90 Å². The molecule has 15 heavy (non-hydrogen) atoms. The summed E-state index contributed by atoms with van der Waals surface area (Å²) in [6.45, 7) is 5.85. The highest BCUT2D eigenvalue weighted by Gasteiger charge is 2.21.